The largest absolute Gasteiger partial charge is 0.368 e. The molecule has 1 unspecified atom stereocenters. The number of alkyl halides is 1. The number of hydrogen-bond donors (Lipinski definition) is 0. The molecule has 1 atom stereocenters. The highest BCUT2D eigenvalue weighted by atomic mass is 127. The predicted octanol–water partition coefficient (Wildman–Crippen LogP) is 2.96. The maximum atomic E-state index is 5.60. The Bertz CT molecular complexity index is 158. The third-order valence-corrected chi connectivity index (χ3v) is 3.35. The van der Waals surface area contributed by atoms with Gasteiger partial charge in [-0.1, -0.05) is 22.6 Å². The van der Waals surface area contributed by atoms with Crippen LogP contribution in [-0.4, -0.2) is 30.7 Å². The fourth-order valence-electron chi connectivity index (χ4n) is 1.89. The predicted molar refractivity (Wildman–Crippen MR) is 68.1 cm³/mol. The van der Waals surface area contributed by atoms with Crippen molar-refractivity contribution in [3.8, 4) is 0 Å². The average Bonchev–Trinajstić information content (AvgIpc) is 2.28. The smallest absolute Gasteiger partial charge is 0.154 e. The second-order valence-electron chi connectivity index (χ2n) is 4.06. The zero-order valence-corrected chi connectivity index (χ0v) is 11.7. The molecule has 1 rings (SSSR count). The maximum absolute atomic E-state index is 5.60. The van der Waals surface area contributed by atoms with E-state index in [0.29, 0.717) is 12.0 Å². The molecule has 0 aromatic heterocycles. The number of rotatable bonds is 6. The standard InChI is InChI=1S/C11H21IO3/c1-9(13-2)14-7-10-3-5-11(6-4-10)15-8-12/h9-11H,3-8H2,1-2H3. The SMILES string of the molecule is COC(C)OCC1CCC(OCI)CC1. The van der Waals surface area contributed by atoms with Gasteiger partial charge in [0.2, 0.25) is 0 Å². The van der Waals surface area contributed by atoms with E-state index in [0.717, 1.165) is 11.2 Å². The van der Waals surface area contributed by atoms with Crippen LogP contribution in [0, 0.1) is 5.92 Å². The fourth-order valence-corrected chi connectivity index (χ4v) is 2.40. The molecule has 0 saturated heterocycles. The molecule has 3 nitrogen and oxygen atoms in total. The van der Waals surface area contributed by atoms with Gasteiger partial charge in [-0.2, -0.15) is 0 Å². The van der Waals surface area contributed by atoms with Gasteiger partial charge in [0.05, 0.1) is 17.3 Å². The summed E-state index contributed by atoms with van der Waals surface area (Å²) in [5, 5.41) is 0. The first-order valence-corrected chi connectivity index (χ1v) is 7.10. The van der Waals surface area contributed by atoms with Gasteiger partial charge in [0.25, 0.3) is 0 Å². The lowest BCUT2D eigenvalue weighted by atomic mass is 9.88. The van der Waals surface area contributed by atoms with Crippen LogP contribution in [-0.2, 0) is 14.2 Å². The van der Waals surface area contributed by atoms with Gasteiger partial charge in [0.1, 0.15) is 0 Å². The van der Waals surface area contributed by atoms with Crippen molar-refractivity contribution >= 4 is 22.6 Å². The van der Waals surface area contributed by atoms with Crippen molar-refractivity contribution in [3.05, 3.63) is 0 Å². The highest BCUT2D eigenvalue weighted by Gasteiger charge is 2.21. The van der Waals surface area contributed by atoms with Crippen molar-refractivity contribution in [2.75, 3.05) is 18.3 Å². The molecule has 0 N–H and O–H groups in total. The Morgan fingerprint density at radius 2 is 1.93 bits per heavy atom. The Balaban J connectivity index is 2.09. The molecular formula is C11H21IO3. The van der Waals surface area contributed by atoms with Crippen LogP contribution in [0.3, 0.4) is 0 Å². The van der Waals surface area contributed by atoms with Crippen molar-refractivity contribution in [3.63, 3.8) is 0 Å². The summed E-state index contributed by atoms with van der Waals surface area (Å²) in [4.78, 5) is 0. The molecule has 0 spiro atoms. The topological polar surface area (TPSA) is 27.7 Å². The van der Waals surface area contributed by atoms with Crippen LogP contribution in [0.2, 0.25) is 0 Å². The fraction of sp³-hybridized carbons (Fsp3) is 1.00. The van der Waals surface area contributed by atoms with Crippen LogP contribution in [0.25, 0.3) is 0 Å². The molecule has 0 aromatic carbocycles. The van der Waals surface area contributed by atoms with E-state index >= 15 is 0 Å². The Labute approximate surface area is 106 Å². The van der Waals surface area contributed by atoms with Gasteiger partial charge in [-0.05, 0) is 38.5 Å². The molecule has 1 aliphatic carbocycles. The molecule has 4 heteroatoms. The van der Waals surface area contributed by atoms with Crippen molar-refractivity contribution in [2.24, 2.45) is 5.92 Å². The Hall–Kier alpha value is 0.610. The molecule has 1 saturated carbocycles. The van der Waals surface area contributed by atoms with Gasteiger partial charge in [-0.3, -0.25) is 0 Å². The van der Waals surface area contributed by atoms with Crippen molar-refractivity contribution < 1.29 is 14.2 Å². The van der Waals surface area contributed by atoms with E-state index in [2.05, 4.69) is 22.6 Å². The molecule has 0 heterocycles. The molecule has 0 aliphatic heterocycles. The van der Waals surface area contributed by atoms with E-state index in [1.165, 1.54) is 25.7 Å². The van der Waals surface area contributed by atoms with Gasteiger partial charge < -0.3 is 14.2 Å². The summed E-state index contributed by atoms with van der Waals surface area (Å²) in [5.41, 5.74) is 0. The first-order chi connectivity index (χ1) is 7.26. The van der Waals surface area contributed by atoms with E-state index < -0.39 is 0 Å². The Kier molecular flexibility index (Phi) is 7.12. The van der Waals surface area contributed by atoms with Crippen molar-refractivity contribution in [1.82, 2.24) is 0 Å². The maximum Gasteiger partial charge on any atom is 0.154 e. The molecule has 1 fully saturated rings. The van der Waals surface area contributed by atoms with Crippen molar-refractivity contribution in [2.45, 2.75) is 45.0 Å². The summed E-state index contributed by atoms with van der Waals surface area (Å²) in [5.74, 6) is 0.691. The normalized spacial score (nSPS) is 29.0. The quantitative estimate of drug-likeness (QED) is 0.426. The summed E-state index contributed by atoms with van der Waals surface area (Å²) >= 11 is 2.26. The number of ether oxygens (including phenoxy) is 3. The summed E-state index contributed by atoms with van der Waals surface area (Å²) in [6, 6.07) is 0. The van der Waals surface area contributed by atoms with E-state index in [9.17, 15) is 0 Å². The third-order valence-electron chi connectivity index (χ3n) is 2.99. The molecule has 0 amide bonds. The van der Waals surface area contributed by atoms with E-state index in [1.54, 1.807) is 7.11 Å². The third kappa shape index (κ3) is 5.47. The summed E-state index contributed by atoms with van der Waals surface area (Å²) in [6.07, 6.45) is 5.21. The van der Waals surface area contributed by atoms with Crippen LogP contribution >= 0.6 is 22.6 Å². The van der Waals surface area contributed by atoms with Gasteiger partial charge in [-0.15, -0.1) is 0 Å². The lowest BCUT2D eigenvalue weighted by molar-refractivity contribution is -0.124. The number of methoxy groups -OCH3 is 1. The van der Waals surface area contributed by atoms with Gasteiger partial charge in [0, 0.05) is 7.11 Å². The first kappa shape index (κ1) is 13.7. The molecule has 0 bridgehead atoms. The van der Waals surface area contributed by atoms with Gasteiger partial charge in [0.15, 0.2) is 6.29 Å². The Morgan fingerprint density at radius 3 is 2.47 bits per heavy atom. The van der Waals surface area contributed by atoms with Gasteiger partial charge >= 0.3 is 0 Å². The number of halogens is 1. The molecule has 1 aliphatic rings. The second-order valence-corrected chi connectivity index (χ2v) is 4.68. The molecule has 90 valence electrons. The minimum atomic E-state index is -0.0756. The Morgan fingerprint density at radius 1 is 1.27 bits per heavy atom. The average molecular weight is 328 g/mol. The van der Waals surface area contributed by atoms with E-state index in [-0.39, 0.29) is 6.29 Å². The number of hydrogen-bond acceptors (Lipinski definition) is 3. The van der Waals surface area contributed by atoms with Crippen LogP contribution in [0.4, 0.5) is 0 Å². The molecule has 0 radical (unpaired) electrons. The van der Waals surface area contributed by atoms with Crippen LogP contribution in [0.15, 0.2) is 0 Å². The van der Waals surface area contributed by atoms with Crippen LogP contribution in [0.1, 0.15) is 32.6 Å². The second kappa shape index (κ2) is 7.81. The lowest BCUT2D eigenvalue weighted by Gasteiger charge is -2.28. The van der Waals surface area contributed by atoms with Gasteiger partial charge in [-0.25, -0.2) is 0 Å². The molecule has 0 aromatic rings. The molecular weight excluding hydrogens is 307 g/mol. The lowest BCUT2D eigenvalue weighted by Crippen LogP contribution is -2.25. The molecule has 15 heavy (non-hydrogen) atoms. The highest BCUT2D eigenvalue weighted by molar-refractivity contribution is 14.1. The van der Waals surface area contributed by atoms with Crippen LogP contribution in [0.5, 0.6) is 0 Å². The zero-order chi connectivity index (χ0) is 11.1. The minimum Gasteiger partial charge on any atom is -0.368 e. The van der Waals surface area contributed by atoms with Crippen molar-refractivity contribution in [1.29, 1.82) is 0 Å². The van der Waals surface area contributed by atoms with E-state index in [1.807, 2.05) is 6.92 Å². The highest BCUT2D eigenvalue weighted by Crippen LogP contribution is 2.26. The summed E-state index contributed by atoms with van der Waals surface area (Å²) in [7, 11) is 1.68. The monoisotopic (exact) mass is 328 g/mol. The first-order valence-electron chi connectivity index (χ1n) is 5.58. The zero-order valence-electron chi connectivity index (χ0n) is 9.58. The van der Waals surface area contributed by atoms with Crippen LogP contribution < -0.4 is 0 Å². The minimum absolute atomic E-state index is 0.0756. The van der Waals surface area contributed by atoms with E-state index in [4.69, 9.17) is 14.2 Å². The summed E-state index contributed by atoms with van der Waals surface area (Å²) in [6.45, 7) is 2.76. The summed E-state index contributed by atoms with van der Waals surface area (Å²) < 4.78 is 17.0.